The third-order valence-electron chi connectivity index (χ3n) is 16.6. The van der Waals surface area contributed by atoms with Crippen LogP contribution in [0.1, 0.15) is 25.7 Å². The van der Waals surface area contributed by atoms with E-state index >= 15 is 0 Å². The normalized spacial score (nSPS) is 28.5. The van der Waals surface area contributed by atoms with E-state index in [1.807, 2.05) is 0 Å². The Morgan fingerprint density at radius 3 is 0.596 bits per heavy atom. The predicted octanol–water partition coefficient (Wildman–Crippen LogP) is -0.611. The third-order valence-corrected chi connectivity index (χ3v) is 52.5. The smallest absolute Gasteiger partial charge is 0.428 e. The molecular formula is C60H64N8O28Si8. The number of rotatable bonds is 28. The fourth-order valence-electron chi connectivity index (χ4n) is 11.8. The van der Waals surface area contributed by atoms with E-state index in [1.165, 1.54) is 0 Å². The van der Waals surface area contributed by atoms with Crippen molar-refractivity contribution in [1.82, 2.24) is 40.9 Å². The number of carbonyl (C=O) groups excluding carboxylic acids is 12. The van der Waals surface area contributed by atoms with Crippen LogP contribution >= 0.6 is 0 Å². The van der Waals surface area contributed by atoms with Crippen LogP contribution < -0.4 is 42.0 Å². The van der Waals surface area contributed by atoms with Crippen molar-refractivity contribution >= 4 is 163 Å². The lowest BCUT2D eigenvalue weighted by Crippen LogP contribution is -2.92. The molecule has 104 heavy (non-hydrogen) atoms. The highest BCUT2D eigenvalue weighted by molar-refractivity contribution is 7.09. The highest BCUT2D eigenvalue weighted by Gasteiger charge is 2.84. The van der Waals surface area contributed by atoms with Crippen molar-refractivity contribution in [2.45, 2.75) is 49.9 Å². The standard InChI is InChI=1S/C60H64N8O28Si8/c69-49-25-26-50(70)65(49)41-81-57(77)61-33-13-37-97-85-101(45-17-5-1-6-18-45)86-98(38-14-34-62-58(78)82-42-66-51(71)27-28-52(66)72)89-102(88-97,46-19-7-2-8-20-46)94-100(40-16-36-64-60(80)84-44-68-55(75)31-32-56(68)76)95-103(90-97,47-21-9-3-10-22-47)92-99(87-101,93-104(91-98,96-100)48-23-11-4-12-24-48)39-15-35-63-59(79)83-43-67-53(73)29-30-54(67)74/h1-12,17-32H,13-16,33-44H2,(H,61,77)(H,62,78)(H,63,79)(H,64,80). The maximum Gasteiger partial charge on any atom is 0.515 e. The second-order valence-corrected chi connectivity index (χ2v) is 47.8. The van der Waals surface area contributed by atoms with Gasteiger partial charge >= 0.3 is 94.8 Å². The third kappa shape index (κ3) is 15.7. The minimum atomic E-state index is -5.21. The topological polar surface area (TPSA) is 414 Å². The van der Waals surface area contributed by atoms with Gasteiger partial charge in [-0.2, -0.15) is 0 Å². The molecule has 10 heterocycles. The number of benzene rings is 4. The molecule has 12 amide bonds. The molecular weight excluding hydrogens is 1510 g/mol. The number of amides is 12. The molecule has 0 aromatic heterocycles. The number of alkyl carbamates (subject to hydrolysis) is 4. The summed E-state index contributed by atoms with van der Waals surface area (Å²) in [4.78, 5) is 156. The first-order valence-electron chi connectivity index (χ1n) is 32.5. The fourth-order valence-corrected chi connectivity index (χ4v) is 59.8. The first-order chi connectivity index (χ1) is 50.1. The van der Waals surface area contributed by atoms with Crippen molar-refractivity contribution in [1.29, 1.82) is 0 Å². The van der Waals surface area contributed by atoms with E-state index in [1.54, 1.807) is 121 Å². The number of nitrogens with one attached hydrogen (secondary N) is 4. The average Bonchev–Trinajstić information content (AvgIpc) is 0.774. The molecule has 10 aliphatic rings. The molecule has 0 spiro atoms. The van der Waals surface area contributed by atoms with Crippen molar-refractivity contribution < 1.29 is 126 Å². The minimum absolute atomic E-state index is 0.0986. The zero-order valence-corrected chi connectivity index (χ0v) is 62.7. The van der Waals surface area contributed by atoms with Gasteiger partial charge in [0, 0.05) is 120 Å². The van der Waals surface area contributed by atoms with Crippen LogP contribution in [0.25, 0.3) is 0 Å². The second-order valence-electron chi connectivity index (χ2n) is 23.8. The van der Waals surface area contributed by atoms with Crippen LogP contribution in [-0.4, -0.2) is 215 Å². The van der Waals surface area contributed by atoms with Gasteiger partial charge < -0.3 is 89.6 Å². The van der Waals surface area contributed by atoms with Gasteiger partial charge in [-0.15, -0.1) is 0 Å². The zero-order valence-electron chi connectivity index (χ0n) is 54.7. The maximum atomic E-state index is 13.5. The first-order valence-corrected chi connectivity index (χ1v) is 47.1. The molecule has 44 heteroatoms. The lowest BCUT2D eigenvalue weighted by Gasteiger charge is -2.63. The quantitative estimate of drug-likeness (QED) is 0.0238. The molecule has 6 saturated heterocycles. The summed E-state index contributed by atoms with van der Waals surface area (Å²) in [5.74, 6) is -5.54. The molecule has 0 radical (unpaired) electrons. The van der Waals surface area contributed by atoms with E-state index in [0.717, 1.165) is 68.2 Å². The highest BCUT2D eigenvalue weighted by atomic mass is 28.6. The molecule has 4 aromatic rings. The monoisotopic (exact) mass is 1570 g/mol. The van der Waals surface area contributed by atoms with E-state index in [0.29, 0.717) is 0 Å². The first kappa shape index (κ1) is 73.1. The van der Waals surface area contributed by atoms with Crippen LogP contribution in [0.15, 0.2) is 170 Å². The van der Waals surface area contributed by atoms with Crippen LogP contribution in [0.2, 0.25) is 24.2 Å². The van der Waals surface area contributed by atoms with Gasteiger partial charge in [-0.1, -0.05) is 121 Å². The van der Waals surface area contributed by atoms with E-state index in [9.17, 15) is 57.5 Å². The van der Waals surface area contributed by atoms with Gasteiger partial charge in [0.25, 0.3) is 47.3 Å². The average molecular weight is 1570 g/mol. The lowest BCUT2D eigenvalue weighted by atomic mass is 10.4. The van der Waals surface area contributed by atoms with Crippen LogP contribution in [0, 0.1) is 0 Å². The van der Waals surface area contributed by atoms with Crippen molar-refractivity contribution in [3.05, 3.63) is 170 Å². The molecule has 6 fully saturated rings. The van der Waals surface area contributed by atoms with Gasteiger partial charge in [0.2, 0.25) is 0 Å². The molecule has 8 bridgehead atoms. The Morgan fingerprint density at radius 1 is 0.269 bits per heavy atom. The van der Waals surface area contributed by atoms with Crippen LogP contribution in [0.3, 0.4) is 0 Å². The molecule has 4 N–H and O–H groups in total. The Kier molecular flexibility index (Phi) is 21.4. The Bertz CT molecular complexity index is 3520. The Balaban J connectivity index is 0.953. The van der Waals surface area contributed by atoms with E-state index < -0.39 is 169 Å². The number of hydrogen-bond donors (Lipinski definition) is 4. The van der Waals surface area contributed by atoms with E-state index in [-0.39, 0.29) is 96.8 Å². The van der Waals surface area contributed by atoms with Crippen molar-refractivity contribution in [3.8, 4) is 0 Å². The number of carbonyl (C=O) groups is 12. The van der Waals surface area contributed by atoms with Gasteiger partial charge in [0.05, 0.1) is 0 Å². The van der Waals surface area contributed by atoms with Gasteiger partial charge in [-0.25, -0.2) is 38.8 Å². The molecule has 4 aromatic carbocycles. The predicted molar refractivity (Wildman–Crippen MR) is 362 cm³/mol. The Morgan fingerprint density at radius 2 is 0.433 bits per heavy atom. The molecule has 36 nitrogen and oxygen atoms in total. The molecule has 0 aliphatic carbocycles. The maximum absolute atomic E-state index is 13.5. The zero-order chi connectivity index (χ0) is 72.8. The van der Waals surface area contributed by atoms with Crippen LogP contribution in [0.4, 0.5) is 19.2 Å². The lowest BCUT2D eigenvalue weighted by molar-refractivity contribution is -0.142. The SMILES string of the molecule is O=C(NCCC[Si]12O[Si]3(c4ccccc4)O[Si]4(CCCNC(=O)OCN5C(=O)C=CC5=O)O[Si](c5ccccc5)(O1)O[Si]1(CCCNC(=O)OCN5C(=O)C=CC5=O)O[Si](c5ccccc5)(O2)O[Si](CCCNC(=O)OCN2C(=O)C=CC2=O)(O3)O[Si](c2ccccc2)(O4)O1)OCN1C(=O)C=CC1=O. The van der Waals surface area contributed by atoms with Gasteiger partial charge in [0.15, 0.2) is 26.9 Å². The number of hydrogen-bond acceptors (Lipinski definition) is 28. The van der Waals surface area contributed by atoms with Crippen molar-refractivity contribution in [2.24, 2.45) is 0 Å². The summed E-state index contributed by atoms with van der Waals surface area (Å²) in [5.41, 5.74) is 0. The summed E-state index contributed by atoms with van der Waals surface area (Å²) in [5, 5.41) is 11.6. The van der Waals surface area contributed by atoms with Gasteiger partial charge in [-0.3, -0.25) is 38.4 Å². The molecule has 10 aliphatic heterocycles. The van der Waals surface area contributed by atoms with Gasteiger partial charge in [0.1, 0.15) is 0 Å². The van der Waals surface area contributed by atoms with Crippen LogP contribution in [-0.2, 0) is 107 Å². The van der Waals surface area contributed by atoms with Crippen molar-refractivity contribution in [2.75, 3.05) is 53.1 Å². The molecule has 0 saturated carbocycles. The second kappa shape index (κ2) is 30.4. The minimum Gasteiger partial charge on any atom is -0.428 e. The fraction of sp³-hybridized carbons (Fsp3) is 0.267. The number of ether oxygens (including phenoxy) is 4. The number of nitrogens with zero attached hydrogens (tertiary/aromatic N) is 4. The molecule has 0 atom stereocenters. The van der Waals surface area contributed by atoms with Crippen LogP contribution in [0.5, 0.6) is 0 Å². The highest BCUT2D eigenvalue weighted by Crippen LogP contribution is 2.52. The summed E-state index contributed by atoms with van der Waals surface area (Å²) < 4.78 is 117. The van der Waals surface area contributed by atoms with E-state index in [2.05, 4.69) is 21.3 Å². The Labute approximate surface area is 599 Å². The van der Waals surface area contributed by atoms with E-state index in [4.69, 9.17) is 68.3 Å². The molecule has 0 unspecified atom stereocenters. The summed E-state index contributed by atoms with van der Waals surface area (Å²) in [6.45, 7) is -3.75. The van der Waals surface area contributed by atoms with Gasteiger partial charge in [-0.05, 0) is 25.7 Å². The summed E-state index contributed by atoms with van der Waals surface area (Å²) >= 11 is 0. The molecule has 544 valence electrons. The van der Waals surface area contributed by atoms with Crippen molar-refractivity contribution in [3.63, 3.8) is 0 Å². The summed E-state index contributed by atoms with van der Waals surface area (Å²) in [6, 6.07) is 32.5. The Hall–Kier alpha value is -9.26. The largest absolute Gasteiger partial charge is 0.515 e. The summed E-state index contributed by atoms with van der Waals surface area (Å²) in [7, 11) is -41.3. The molecule has 14 rings (SSSR count). The summed E-state index contributed by atoms with van der Waals surface area (Å²) in [6.07, 6.45) is 3.79. The number of imide groups is 4.